The number of imide groups is 1. The van der Waals surface area contributed by atoms with Gasteiger partial charge >= 0.3 is 0 Å². The van der Waals surface area contributed by atoms with E-state index < -0.39 is 0 Å². The highest BCUT2D eigenvalue weighted by molar-refractivity contribution is 6.51. The molecule has 0 aliphatic carbocycles. The van der Waals surface area contributed by atoms with Crippen LogP contribution in [0.1, 0.15) is 39.2 Å². The predicted molar refractivity (Wildman–Crippen MR) is 150 cm³/mol. The third-order valence-electron chi connectivity index (χ3n) is 7.12. The largest absolute Gasteiger partial charge is 0.358 e. The summed E-state index contributed by atoms with van der Waals surface area (Å²) in [6.07, 6.45) is 0.578. The topological polar surface area (TPSA) is 104 Å². The minimum Gasteiger partial charge on any atom is -0.358 e. The fourth-order valence-corrected chi connectivity index (χ4v) is 5.38. The van der Waals surface area contributed by atoms with E-state index in [1.54, 1.807) is 0 Å². The van der Waals surface area contributed by atoms with Gasteiger partial charge in [0, 0.05) is 57.3 Å². The first kappa shape index (κ1) is 24.6. The predicted octanol–water partition coefficient (Wildman–Crippen LogP) is 5.30. The second-order valence-electron chi connectivity index (χ2n) is 9.37. The third kappa shape index (κ3) is 3.95. The molecule has 2 amide bonds. The van der Waals surface area contributed by atoms with Gasteiger partial charge in [-0.2, -0.15) is 0 Å². The van der Waals surface area contributed by atoms with Crippen LogP contribution in [0.2, 0.25) is 0 Å². The molecule has 5 aromatic rings. The molecular formula is C30H27ClN4O2. The Kier molecular flexibility index (Phi) is 6.23. The summed E-state index contributed by atoms with van der Waals surface area (Å²) in [4.78, 5) is 33.6. The van der Waals surface area contributed by atoms with Gasteiger partial charge in [-0.1, -0.05) is 54.6 Å². The zero-order chi connectivity index (χ0) is 25.0. The number of aromatic nitrogens is 2. The fourth-order valence-electron chi connectivity index (χ4n) is 5.38. The van der Waals surface area contributed by atoms with Crippen LogP contribution in [-0.2, 0) is 22.6 Å². The lowest BCUT2D eigenvalue weighted by atomic mass is 9.90. The number of aromatic amines is 2. The van der Waals surface area contributed by atoms with Crippen molar-refractivity contribution in [3.8, 4) is 0 Å². The summed E-state index contributed by atoms with van der Waals surface area (Å²) >= 11 is 0. The standard InChI is InChI=1S/C30H26N4O2.ClH/c1-16-11-12-18(15-31)13-19(16)14-24-26(21-8-4-6-10-23(21)33-24)28-27(29(35)34-30(28)36)25-17(2)32-22-9-5-3-7-20(22)25;/h3-13,32-33H,14-15,31H2,1-2H3,(H,34,35,36);1H. The van der Waals surface area contributed by atoms with Crippen molar-refractivity contribution in [2.24, 2.45) is 5.73 Å². The molecule has 0 bridgehead atoms. The number of para-hydroxylation sites is 2. The van der Waals surface area contributed by atoms with Crippen LogP contribution in [0.5, 0.6) is 0 Å². The van der Waals surface area contributed by atoms with Crippen LogP contribution in [-0.4, -0.2) is 21.8 Å². The average molecular weight is 511 g/mol. The number of carbonyl (C=O) groups excluding carboxylic acids is 2. The summed E-state index contributed by atoms with van der Waals surface area (Å²) in [5, 5.41) is 4.40. The number of halogens is 1. The average Bonchev–Trinajstić information content (AvgIpc) is 3.49. The molecular weight excluding hydrogens is 484 g/mol. The van der Waals surface area contributed by atoms with Crippen molar-refractivity contribution < 1.29 is 9.59 Å². The maximum atomic E-state index is 13.4. The molecule has 3 aromatic carbocycles. The van der Waals surface area contributed by atoms with Crippen LogP contribution in [0.15, 0.2) is 66.7 Å². The normalized spacial score (nSPS) is 13.5. The van der Waals surface area contributed by atoms with E-state index in [4.69, 9.17) is 5.73 Å². The minimum atomic E-state index is -0.377. The van der Waals surface area contributed by atoms with E-state index in [1.165, 1.54) is 0 Å². The molecule has 0 atom stereocenters. The summed E-state index contributed by atoms with van der Waals surface area (Å²) < 4.78 is 0. The molecule has 2 aromatic heterocycles. The Morgan fingerprint density at radius 2 is 1.35 bits per heavy atom. The number of benzene rings is 3. The van der Waals surface area contributed by atoms with Crippen LogP contribution in [0, 0.1) is 13.8 Å². The molecule has 7 heteroatoms. The molecule has 0 saturated carbocycles. The number of nitrogens with one attached hydrogen (secondary N) is 3. The molecule has 0 saturated heterocycles. The molecule has 186 valence electrons. The SMILES string of the molecule is Cc1ccc(CN)cc1Cc1[nH]c2ccccc2c1C1=C(c2c(C)[nH]c3ccccc23)C(=O)NC1=O.Cl. The number of amides is 2. The Labute approximate surface area is 220 Å². The first-order chi connectivity index (χ1) is 17.5. The Balaban J connectivity index is 0.00000280. The zero-order valence-corrected chi connectivity index (χ0v) is 21.4. The first-order valence-corrected chi connectivity index (χ1v) is 12.0. The van der Waals surface area contributed by atoms with Gasteiger partial charge in [-0.3, -0.25) is 14.9 Å². The highest BCUT2D eigenvalue weighted by Gasteiger charge is 2.36. The minimum absolute atomic E-state index is 0. The van der Waals surface area contributed by atoms with Crippen LogP contribution >= 0.6 is 12.4 Å². The summed E-state index contributed by atoms with van der Waals surface area (Å²) in [7, 11) is 0. The maximum Gasteiger partial charge on any atom is 0.259 e. The van der Waals surface area contributed by atoms with Crippen LogP contribution in [0.3, 0.4) is 0 Å². The third-order valence-corrected chi connectivity index (χ3v) is 7.12. The van der Waals surface area contributed by atoms with E-state index in [1.807, 2.05) is 61.5 Å². The number of H-pyrrole nitrogens is 2. The molecule has 3 heterocycles. The van der Waals surface area contributed by atoms with Gasteiger partial charge in [0.25, 0.3) is 11.8 Å². The second kappa shape index (κ2) is 9.39. The number of nitrogens with two attached hydrogens (primary N) is 1. The zero-order valence-electron chi connectivity index (χ0n) is 20.6. The number of fused-ring (bicyclic) bond motifs is 2. The molecule has 0 fully saturated rings. The Bertz CT molecular complexity index is 1740. The van der Waals surface area contributed by atoms with E-state index in [9.17, 15) is 9.59 Å². The molecule has 6 nitrogen and oxygen atoms in total. The van der Waals surface area contributed by atoms with Gasteiger partial charge in [0.1, 0.15) is 0 Å². The molecule has 5 N–H and O–H groups in total. The van der Waals surface area contributed by atoms with Gasteiger partial charge < -0.3 is 15.7 Å². The first-order valence-electron chi connectivity index (χ1n) is 12.0. The summed E-state index contributed by atoms with van der Waals surface area (Å²) in [6.45, 7) is 4.47. The molecule has 0 unspecified atom stereocenters. The summed E-state index contributed by atoms with van der Waals surface area (Å²) in [5.74, 6) is -0.751. The lowest BCUT2D eigenvalue weighted by Gasteiger charge is -2.11. The van der Waals surface area contributed by atoms with E-state index in [2.05, 4.69) is 34.3 Å². The van der Waals surface area contributed by atoms with Gasteiger partial charge in [0.15, 0.2) is 0 Å². The maximum absolute atomic E-state index is 13.4. The molecule has 37 heavy (non-hydrogen) atoms. The monoisotopic (exact) mass is 510 g/mol. The van der Waals surface area contributed by atoms with Crippen molar-refractivity contribution in [2.75, 3.05) is 0 Å². The Morgan fingerprint density at radius 3 is 2.03 bits per heavy atom. The van der Waals surface area contributed by atoms with Gasteiger partial charge in [-0.05, 0) is 42.7 Å². The van der Waals surface area contributed by atoms with E-state index >= 15 is 0 Å². The van der Waals surface area contributed by atoms with Crippen molar-refractivity contribution in [1.29, 1.82) is 0 Å². The second-order valence-corrected chi connectivity index (χ2v) is 9.37. The summed E-state index contributed by atoms with van der Waals surface area (Å²) in [6, 6.07) is 22.0. The molecule has 1 aliphatic rings. The van der Waals surface area contributed by atoms with Crippen molar-refractivity contribution >= 4 is 57.2 Å². The summed E-state index contributed by atoms with van der Waals surface area (Å²) in [5.41, 5.74) is 15.2. The van der Waals surface area contributed by atoms with Gasteiger partial charge in [0.2, 0.25) is 0 Å². The molecule has 1 aliphatic heterocycles. The van der Waals surface area contributed by atoms with Crippen LogP contribution < -0.4 is 11.1 Å². The molecule has 6 rings (SSSR count). The Morgan fingerprint density at radius 1 is 0.757 bits per heavy atom. The number of aryl methyl sites for hydroxylation is 2. The van der Waals surface area contributed by atoms with E-state index in [0.717, 1.165) is 61.0 Å². The smallest absolute Gasteiger partial charge is 0.259 e. The Hall–Kier alpha value is -4.13. The highest BCUT2D eigenvalue weighted by atomic mass is 35.5. The van der Waals surface area contributed by atoms with Crippen molar-refractivity contribution in [1.82, 2.24) is 15.3 Å². The number of hydrogen-bond donors (Lipinski definition) is 4. The fraction of sp³-hybridized carbons (Fsp3) is 0.133. The number of rotatable bonds is 5. The van der Waals surface area contributed by atoms with Crippen LogP contribution in [0.4, 0.5) is 0 Å². The van der Waals surface area contributed by atoms with Gasteiger partial charge in [-0.25, -0.2) is 0 Å². The van der Waals surface area contributed by atoms with Gasteiger partial charge in [0.05, 0.1) is 11.1 Å². The number of hydrogen-bond acceptors (Lipinski definition) is 3. The van der Waals surface area contributed by atoms with Crippen molar-refractivity contribution in [3.05, 3.63) is 106 Å². The molecule has 0 radical (unpaired) electrons. The molecule has 0 spiro atoms. The quantitative estimate of drug-likeness (QED) is 0.241. The van der Waals surface area contributed by atoms with Crippen LogP contribution in [0.25, 0.3) is 33.0 Å². The lowest BCUT2D eigenvalue weighted by Crippen LogP contribution is -2.23. The van der Waals surface area contributed by atoms with Crippen molar-refractivity contribution in [3.63, 3.8) is 0 Å². The van der Waals surface area contributed by atoms with E-state index in [-0.39, 0.29) is 24.2 Å². The van der Waals surface area contributed by atoms with Gasteiger partial charge in [-0.15, -0.1) is 12.4 Å². The highest BCUT2D eigenvalue weighted by Crippen LogP contribution is 2.41. The van der Waals surface area contributed by atoms with E-state index in [0.29, 0.717) is 24.1 Å². The van der Waals surface area contributed by atoms with Crippen molar-refractivity contribution in [2.45, 2.75) is 26.8 Å². The number of carbonyl (C=O) groups is 2. The lowest BCUT2D eigenvalue weighted by molar-refractivity contribution is -0.122.